The predicted molar refractivity (Wildman–Crippen MR) is 75.1 cm³/mol. The molecule has 1 aliphatic rings. The zero-order valence-corrected chi connectivity index (χ0v) is 10.9. The van der Waals surface area contributed by atoms with Crippen LogP contribution < -0.4 is 15.1 Å². The van der Waals surface area contributed by atoms with Crippen LogP contribution in [0, 0.1) is 0 Å². The summed E-state index contributed by atoms with van der Waals surface area (Å²) in [5.41, 5.74) is 2.64. The summed E-state index contributed by atoms with van der Waals surface area (Å²) in [5.74, 6) is 0. The van der Waals surface area contributed by atoms with Crippen LogP contribution in [0.5, 0.6) is 0 Å². The smallest absolute Gasteiger partial charge is 0.0386 e. The zero-order chi connectivity index (χ0) is 12.1. The Morgan fingerprint density at radius 3 is 2.47 bits per heavy atom. The van der Waals surface area contributed by atoms with Crippen LogP contribution in [0.25, 0.3) is 0 Å². The Bertz CT molecular complexity index is 341. The Morgan fingerprint density at radius 2 is 1.82 bits per heavy atom. The van der Waals surface area contributed by atoms with Gasteiger partial charge in [0.25, 0.3) is 0 Å². The molecule has 0 bridgehead atoms. The number of nitrogens with one attached hydrogen (secondary N) is 1. The van der Waals surface area contributed by atoms with Crippen molar-refractivity contribution in [2.75, 3.05) is 50.1 Å². The Morgan fingerprint density at radius 1 is 1.12 bits per heavy atom. The number of hydrogen-bond donors (Lipinski definition) is 1. The SMILES string of the molecule is CN(C)c1cccc(N2CCCNCCC2)c1. The van der Waals surface area contributed by atoms with Crippen molar-refractivity contribution in [3.05, 3.63) is 24.3 Å². The lowest BCUT2D eigenvalue weighted by molar-refractivity contribution is 0.567. The fraction of sp³-hybridized carbons (Fsp3) is 0.571. The lowest BCUT2D eigenvalue weighted by atomic mass is 10.2. The first-order chi connectivity index (χ1) is 8.27. The minimum absolute atomic E-state index is 1.14. The quantitative estimate of drug-likeness (QED) is 0.842. The minimum atomic E-state index is 1.14. The van der Waals surface area contributed by atoms with E-state index in [1.165, 1.54) is 24.2 Å². The van der Waals surface area contributed by atoms with E-state index in [1.54, 1.807) is 0 Å². The molecule has 0 unspecified atom stereocenters. The number of benzene rings is 1. The van der Waals surface area contributed by atoms with E-state index in [2.05, 4.69) is 53.5 Å². The highest BCUT2D eigenvalue weighted by atomic mass is 15.1. The van der Waals surface area contributed by atoms with Gasteiger partial charge >= 0.3 is 0 Å². The molecular weight excluding hydrogens is 210 g/mol. The molecule has 1 heterocycles. The first-order valence-corrected chi connectivity index (χ1v) is 6.50. The third-order valence-corrected chi connectivity index (χ3v) is 3.27. The normalized spacial score (nSPS) is 17.4. The second-order valence-corrected chi connectivity index (χ2v) is 4.86. The third-order valence-electron chi connectivity index (χ3n) is 3.27. The average Bonchev–Trinajstić information content (AvgIpc) is 2.28. The van der Waals surface area contributed by atoms with Crippen LogP contribution in [0.15, 0.2) is 24.3 Å². The van der Waals surface area contributed by atoms with Gasteiger partial charge in [-0.05, 0) is 44.1 Å². The molecule has 0 atom stereocenters. The van der Waals surface area contributed by atoms with Gasteiger partial charge in [0.2, 0.25) is 0 Å². The highest BCUT2D eigenvalue weighted by Gasteiger charge is 2.09. The summed E-state index contributed by atoms with van der Waals surface area (Å²) in [6.45, 7) is 4.60. The standard InChI is InChI=1S/C14H23N3/c1-16(2)13-6-3-7-14(12-13)17-10-4-8-15-9-5-11-17/h3,6-7,12,15H,4-5,8-11H2,1-2H3. The summed E-state index contributed by atoms with van der Waals surface area (Å²) in [6.07, 6.45) is 2.46. The molecule has 0 radical (unpaired) electrons. The molecule has 1 fully saturated rings. The van der Waals surface area contributed by atoms with Crippen molar-refractivity contribution >= 4 is 11.4 Å². The van der Waals surface area contributed by atoms with Crippen molar-refractivity contribution in [3.8, 4) is 0 Å². The second-order valence-electron chi connectivity index (χ2n) is 4.86. The maximum Gasteiger partial charge on any atom is 0.0386 e. The molecule has 0 aliphatic carbocycles. The summed E-state index contributed by atoms with van der Waals surface area (Å²) in [5, 5.41) is 3.45. The number of anilines is 2. The van der Waals surface area contributed by atoms with Crippen LogP contribution >= 0.6 is 0 Å². The van der Waals surface area contributed by atoms with Crippen LogP contribution in [-0.2, 0) is 0 Å². The fourth-order valence-corrected chi connectivity index (χ4v) is 2.25. The van der Waals surface area contributed by atoms with Gasteiger partial charge in [0.05, 0.1) is 0 Å². The van der Waals surface area contributed by atoms with E-state index in [4.69, 9.17) is 0 Å². The van der Waals surface area contributed by atoms with Crippen LogP contribution in [0.4, 0.5) is 11.4 Å². The summed E-state index contributed by atoms with van der Waals surface area (Å²) < 4.78 is 0. The molecule has 0 amide bonds. The summed E-state index contributed by atoms with van der Waals surface area (Å²) >= 11 is 0. The van der Waals surface area contributed by atoms with E-state index in [1.807, 2.05) is 0 Å². The molecule has 2 rings (SSSR count). The molecule has 0 saturated carbocycles. The molecule has 1 N–H and O–H groups in total. The van der Waals surface area contributed by atoms with Crippen molar-refractivity contribution in [1.82, 2.24) is 5.32 Å². The van der Waals surface area contributed by atoms with E-state index in [0.29, 0.717) is 0 Å². The maximum atomic E-state index is 3.45. The number of nitrogens with zero attached hydrogens (tertiary/aromatic N) is 2. The predicted octanol–water partition coefficient (Wildman–Crippen LogP) is 1.94. The molecule has 1 aromatic carbocycles. The molecule has 3 heteroatoms. The monoisotopic (exact) mass is 233 g/mol. The summed E-state index contributed by atoms with van der Waals surface area (Å²) in [6, 6.07) is 8.83. The van der Waals surface area contributed by atoms with Crippen molar-refractivity contribution < 1.29 is 0 Å². The first kappa shape index (κ1) is 12.2. The topological polar surface area (TPSA) is 18.5 Å². The van der Waals surface area contributed by atoms with Gasteiger partial charge in [-0.2, -0.15) is 0 Å². The molecule has 1 aromatic rings. The van der Waals surface area contributed by atoms with E-state index >= 15 is 0 Å². The van der Waals surface area contributed by atoms with Crippen molar-refractivity contribution in [2.45, 2.75) is 12.8 Å². The zero-order valence-electron chi connectivity index (χ0n) is 10.9. The van der Waals surface area contributed by atoms with Crippen LogP contribution in [0.2, 0.25) is 0 Å². The molecule has 17 heavy (non-hydrogen) atoms. The maximum absolute atomic E-state index is 3.45. The highest BCUT2D eigenvalue weighted by molar-refractivity contribution is 5.58. The van der Waals surface area contributed by atoms with Gasteiger partial charge in [-0.3, -0.25) is 0 Å². The van der Waals surface area contributed by atoms with E-state index < -0.39 is 0 Å². The number of hydrogen-bond acceptors (Lipinski definition) is 3. The largest absolute Gasteiger partial charge is 0.378 e. The Balaban J connectivity index is 2.10. The van der Waals surface area contributed by atoms with Gasteiger partial charge in [-0.25, -0.2) is 0 Å². The van der Waals surface area contributed by atoms with Gasteiger partial charge in [-0.15, -0.1) is 0 Å². The fourth-order valence-electron chi connectivity index (χ4n) is 2.25. The van der Waals surface area contributed by atoms with Crippen molar-refractivity contribution in [3.63, 3.8) is 0 Å². The van der Waals surface area contributed by atoms with E-state index in [-0.39, 0.29) is 0 Å². The van der Waals surface area contributed by atoms with Gasteiger partial charge < -0.3 is 15.1 Å². The first-order valence-electron chi connectivity index (χ1n) is 6.50. The average molecular weight is 233 g/mol. The summed E-state index contributed by atoms with van der Waals surface area (Å²) in [4.78, 5) is 4.67. The summed E-state index contributed by atoms with van der Waals surface area (Å²) in [7, 11) is 4.19. The second kappa shape index (κ2) is 5.92. The Kier molecular flexibility index (Phi) is 4.26. The van der Waals surface area contributed by atoms with E-state index in [0.717, 1.165) is 26.2 Å². The molecular formula is C14H23N3. The lowest BCUT2D eigenvalue weighted by Crippen LogP contribution is -2.33. The third kappa shape index (κ3) is 3.37. The van der Waals surface area contributed by atoms with Crippen LogP contribution in [0.3, 0.4) is 0 Å². The minimum Gasteiger partial charge on any atom is -0.378 e. The molecule has 94 valence electrons. The van der Waals surface area contributed by atoms with Crippen molar-refractivity contribution in [1.29, 1.82) is 0 Å². The van der Waals surface area contributed by atoms with E-state index in [9.17, 15) is 0 Å². The van der Waals surface area contributed by atoms with Gasteiger partial charge in [-0.1, -0.05) is 6.07 Å². The molecule has 0 spiro atoms. The van der Waals surface area contributed by atoms with Gasteiger partial charge in [0.1, 0.15) is 0 Å². The molecule has 0 aromatic heterocycles. The lowest BCUT2D eigenvalue weighted by Gasteiger charge is -2.28. The van der Waals surface area contributed by atoms with Crippen molar-refractivity contribution in [2.24, 2.45) is 0 Å². The van der Waals surface area contributed by atoms with Crippen LogP contribution in [0.1, 0.15) is 12.8 Å². The molecule has 1 saturated heterocycles. The Hall–Kier alpha value is -1.22. The number of rotatable bonds is 2. The van der Waals surface area contributed by atoms with Gasteiger partial charge in [0.15, 0.2) is 0 Å². The molecule has 1 aliphatic heterocycles. The van der Waals surface area contributed by atoms with Crippen LogP contribution in [-0.4, -0.2) is 40.3 Å². The molecule has 3 nitrogen and oxygen atoms in total. The van der Waals surface area contributed by atoms with Gasteiger partial charge in [0, 0.05) is 38.6 Å². The Labute approximate surface area is 104 Å². The highest BCUT2D eigenvalue weighted by Crippen LogP contribution is 2.21.